The van der Waals surface area contributed by atoms with E-state index in [0.29, 0.717) is 12.0 Å². The van der Waals surface area contributed by atoms with Gasteiger partial charge in [-0.2, -0.15) is 4.98 Å². The van der Waals surface area contributed by atoms with E-state index in [9.17, 15) is 0 Å². The summed E-state index contributed by atoms with van der Waals surface area (Å²) in [6.07, 6.45) is 12.8. The van der Waals surface area contributed by atoms with E-state index in [4.69, 9.17) is 10.8 Å². The predicted octanol–water partition coefficient (Wildman–Crippen LogP) is 3.14. The van der Waals surface area contributed by atoms with Crippen LogP contribution in [0.15, 0.2) is 0 Å². The van der Waals surface area contributed by atoms with E-state index in [-0.39, 0.29) is 0 Å². The van der Waals surface area contributed by atoms with Crippen LogP contribution in [0.5, 0.6) is 0 Å². The van der Waals surface area contributed by atoms with Crippen LogP contribution < -0.4 is 10.6 Å². The maximum Gasteiger partial charge on any atom is 0.246 e. The van der Waals surface area contributed by atoms with Gasteiger partial charge < -0.3 is 10.6 Å². The highest BCUT2D eigenvalue weighted by Gasteiger charge is 2.21. The molecule has 0 radical (unpaired) electrons. The molecule has 2 fully saturated rings. The molecule has 0 atom stereocenters. The smallest absolute Gasteiger partial charge is 0.246 e. The van der Waals surface area contributed by atoms with Crippen LogP contribution in [0.2, 0.25) is 0 Å². The zero-order chi connectivity index (χ0) is 13.8. The molecule has 112 valence electrons. The van der Waals surface area contributed by atoms with Gasteiger partial charge in [-0.15, -0.1) is 5.10 Å². The Morgan fingerprint density at radius 2 is 1.45 bits per heavy atom. The first-order chi connectivity index (χ1) is 9.84. The van der Waals surface area contributed by atoms with Crippen LogP contribution in [0.1, 0.15) is 70.3 Å². The van der Waals surface area contributed by atoms with Crippen LogP contribution in [0.4, 0.5) is 11.9 Å². The van der Waals surface area contributed by atoms with E-state index in [1.807, 2.05) is 4.68 Å². The van der Waals surface area contributed by atoms with Crippen molar-refractivity contribution in [1.82, 2.24) is 14.8 Å². The molecule has 0 amide bonds. The highest BCUT2D eigenvalue weighted by molar-refractivity contribution is 5.35. The summed E-state index contributed by atoms with van der Waals surface area (Å²) < 4.78 is 2.01. The van der Waals surface area contributed by atoms with Crippen LogP contribution in [0.3, 0.4) is 0 Å². The van der Waals surface area contributed by atoms with Crippen molar-refractivity contribution < 1.29 is 0 Å². The van der Waals surface area contributed by atoms with Gasteiger partial charge in [0.15, 0.2) is 0 Å². The SMILES string of the molecule is Nc1nc(N2CCCCCC2)nn1C1CCCCCC1. The van der Waals surface area contributed by atoms with E-state index in [2.05, 4.69) is 9.88 Å². The second-order valence-corrected chi connectivity index (χ2v) is 6.26. The number of rotatable bonds is 2. The van der Waals surface area contributed by atoms with E-state index in [1.165, 1.54) is 64.2 Å². The summed E-state index contributed by atoms with van der Waals surface area (Å²) in [4.78, 5) is 6.85. The topological polar surface area (TPSA) is 60.0 Å². The Morgan fingerprint density at radius 1 is 0.850 bits per heavy atom. The predicted molar refractivity (Wildman–Crippen MR) is 81.9 cm³/mol. The third-order valence-corrected chi connectivity index (χ3v) is 4.71. The summed E-state index contributed by atoms with van der Waals surface area (Å²) in [5.41, 5.74) is 6.13. The monoisotopic (exact) mass is 277 g/mol. The molecule has 0 aromatic carbocycles. The lowest BCUT2D eigenvalue weighted by Crippen LogP contribution is -2.25. The van der Waals surface area contributed by atoms with Crippen molar-refractivity contribution in [2.45, 2.75) is 70.3 Å². The second kappa shape index (κ2) is 6.46. The van der Waals surface area contributed by atoms with E-state index >= 15 is 0 Å². The van der Waals surface area contributed by atoms with E-state index in [0.717, 1.165) is 19.0 Å². The fourth-order valence-corrected chi connectivity index (χ4v) is 3.50. The molecule has 1 saturated heterocycles. The van der Waals surface area contributed by atoms with Gasteiger partial charge >= 0.3 is 0 Å². The molecule has 2 N–H and O–H groups in total. The minimum Gasteiger partial charge on any atom is -0.368 e. The van der Waals surface area contributed by atoms with Crippen molar-refractivity contribution in [2.75, 3.05) is 23.7 Å². The van der Waals surface area contributed by atoms with Crippen molar-refractivity contribution in [2.24, 2.45) is 0 Å². The van der Waals surface area contributed by atoms with Crippen LogP contribution >= 0.6 is 0 Å². The fourth-order valence-electron chi connectivity index (χ4n) is 3.50. The summed E-state index contributed by atoms with van der Waals surface area (Å²) in [7, 11) is 0. The first-order valence-corrected chi connectivity index (χ1v) is 8.31. The van der Waals surface area contributed by atoms with Gasteiger partial charge in [0.1, 0.15) is 0 Å². The Hall–Kier alpha value is -1.26. The number of nitrogen functional groups attached to an aromatic ring is 1. The Bertz CT molecular complexity index is 412. The van der Waals surface area contributed by atoms with Gasteiger partial charge in [-0.25, -0.2) is 4.68 Å². The van der Waals surface area contributed by atoms with Gasteiger partial charge in [0, 0.05) is 13.1 Å². The van der Waals surface area contributed by atoms with Crippen LogP contribution in [-0.4, -0.2) is 27.9 Å². The summed E-state index contributed by atoms with van der Waals surface area (Å²) in [6.45, 7) is 2.16. The number of hydrogen-bond acceptors (Lipinski definition) is 4. The summed E-state index contributed by atoms with van der Waals surface area (Å²) in [5, 5.41) is 4.75. The van der Waals surface area contributed by atoms with Crippen molar-refractivity contribution in [3.05, 3.63) is 0 Å². The van der Waals surface area contributed by atoms with Gasteiger partial charge in [0.25, 0.3) is 0 Å². The van der Waals surface area contributed by atoms with Gasteiger partial charge in [0.2, 0.25) is 11.9 Å². The highest BCUT2D eigenvalue weighted by Crippen LogP contribution is 2.29. The first kappa shape index (κ1) is 13.7. The summed E-state index contributed by atoms with van der Waals surface area (Å²) >= 11 is 0. The normalized spacial score (nSPS) is 22.5. The molecule has 1 aliphatic carbocycles. The average Bonchev–Trinajstić information content (AvgIpc) is 2.73. The van der Waals surface area contributed by atoms with Gasteiger partial charge in [0.05, 0.1) is 6.04 Å². The van der Waals surface area contributed by atoms with Crippen molar-refractivity contribution >= 4 is 11.9 Å². The molecule has 1 saturated carbocycles. The average molecular weight is 277 g/mol. The molecule has 0 unspecified atom stereocenters. The number of hydrogen-bond donors (Lipinski definition) is 1. The lowest BCUT2D eigenvalue weighted by Gasteiger charge is -2.18. The minimum atomic E-state index is 0.464. The molecule has 1 aromatic rings. The number of nitrogens with zero attached hydrogens (tertiary/aromatic N) is 4. The molecule has 0 bridgehead atoms. The van der Waals surface area contributed by atoms with Crippen LogP contribution in [0.25, 0.3) is 0 Å². The highest BCUT2D eigenvalue weighted by atomic mass is 15.5. The van der Waals surface area contributed by atoms with Crippen molar-refractivity contribution in [3.63, 3.8) is 0 Å². The van der Waals surface area contributed by atoms with Crippen LogP contribution in [-0.2, 0) is 0 Å². The molecule has 0 spiro atoms. The third-order valence-electron chi connectivity index (χ3n) is 4.71. The first-order valence-electron chi connectivity index (χ1n) is 8.31. The Morgan fingerprint density at radius 3 is 2.10 bits per heavy atom. The van der Waals surface area contributed by atoms with Crippen LogP contribution in [0, 0.1) is 0 Å². The molecule has 2 heterocycles. The van der Waals surface area contributed by atoms with E-state index < -0.39 is 0 Å². The van der Waals surface area contributed by atoms with Crippen molar-refractivity contribution in [3.8, 4) is 0 Å². The molecule has 5 heteroatoms. The van der Waals surface area contributed by atoms with Gasteiger partial charge in [-0.3, -0.25) is 0 Å². The lowest BCUT2D eigenvalue weighted by molar-refractivity contribution is 0.410. The molecular formula is C15H27N5. The second-order valence-electron chi connectivity index (χ2n) is 6.26. The molecule has 1 aliphatic heterocycles. The Balaban J connectivity index is 1.75. The fraction of sp³-hybridized carbons (Fsp3) is 0.867. The van der Waals surface area contributed by atoms with Crippen molar-refractivity contribution in [1.29, 1.82) is 0 Å². The molecule has 20 heavy (non-hydrogen) atoms. The zero-order valence-electron chi connectivity index (χ0n) is 12.4. The summed E-state index contributed by atoms with van der Waals surface area (Å²) in [5.74, 6) is 1.46. The van der Waals surface area contributed by atoms with Gasteiger partial charge in [-0.1, -0.05) is 38.5 Å². The minimum absolute atomic E-state index is 0.464. The molecule has 1 aromatic heterocycles. The number of aromatic nitrogens is 3. The van der Waals surface area contributed by atoms with E-state index in [1.54, 1.807) is 0 Å². The third kappa shape index (κ3) is 3.07. The lowest BCUT2D eigenvalue weighted by atomic mass is 10.1. The maximum absolute atomic E-state index is 6.13. The molecule has 3 rings (SSSR count). The standard InChI is InChI=1S/C15H27N5/c16-14-17-15(19-11-7-3-4-8-12-19)18-20(14)13-9-5-1-2-6-10-13/h13H,1-12H2,(H2,16,17,18). The summed E-state index contributed by atoms with van der Waals surface area (Å²) in [6, 6.07) is 0.464. The number of nitrogens with two attached hydrogens (primary N) is 1. The number of anilines is 2. The maximum atomic E-state index is 6.13. The van der Waals surface area contributed by atoms with Gasteiger partial charge in [-0.05, 0) is 25.7 Å². The zero-order valence-corrected chi connectivity index (χ0v) is 12.4. The Labute approximate surface area is 121 Å². The Kier molecular flexibility index (Phi) is 4.43. The molecule has 5 nitrogen and oxygen atoms in total. The molecule has 2 aliphatic rings. The largest absolute Gasteiger partial charge is 0.368 e. The molecular weight excluding hydrogens is 250 g/mol. The quantitative estimate of drug-likeness (QED) is 0.844.